The van der Waals surface area contributed by atoms with Crippen molar-refractivity contribution in [3.63, 3.8) is 0 Å². The monoisotopic (exact) mass is 526 g/mol. The average Bonchev–Trinajstić information content (AvgIpc) is 2.81. The Balaban J connectivity index is 1.71. The van der Waals surface area contributed by atoms with Crippen LogP contribution in [0.1, 0.15) is 50.3 Å². The van der Waals surface area contributed by atoms with E-state index < -0.39 is 15.9 Å². The van der Waals surface area contributed by atoms with Crippen molar-refractivity contribution in [2.75, 3.05) is 20.2 Å². The van der Waals surface area contributed by atoms with Crippen LogP contribution in [0.25, 0.3) is 0 Å². The first kappa shape index (κ1) is 26.8. The smallest absolute Gasteiger partial charge is 0.224 e. The van der Waals surface area contributed by atoms with Crippen LogP contribution in [0.2, 0.25) is 10.0 Å². The lowest BCUT2D eigenvalue weighted by atomic mass is 9.94. The van der Waals surface area contributed by atoms with Gasteiger partial charge in [0.1, 0.15) is 5.75 Å². The van der Waals surface area contributed by atoms with Gasteiger partial charge >= 0.3 is 0 Å². The Morgan fingerprint density at radius 3 is 2.38 bits per heavy atom. The summed E-state index contributed by atoms with van der Waals surface area (Å²) in [5.41, 5.74) is 1.38. The van der Waals surface area contributed by atoms with Crippen LogP contribution in [-0.2, 0) is 20.6 Å². The largest absolute Gasteiger partial charge is 0.497 e. The minimum Gasteiger partial charge on any atom is -0.497 e. The van der Waals surface area contributed by atoms with E-state index in [0.717, 1.165) is 17.7 Å². The summed E-state index contributed by atoms with van der Waals surface area (Å²) < 4.78 is 32.9. The fourth-order valence-electron chi connectivity index (χ4n) is 4.23. The molecule has 186 valence electrons. The first-order valence-corrected chi connectivity index (χ1v) is 13.8. The minimum atomic E-state index is -3.68. The van der Waals surface area contributed by atoms with Gasteiger partial charge in [-0.25, -0.2) is 12.7 Å². The minimum absolute atomic E-state index is 0.128. The third kappa shape index (κ3) is 6.87. The average molecular weight is 528 g/mol. The highest BCUT2D eigenvalue weighted by molar-refractivity contribution is 7.88. The summed E-state index contributed by atoms with van der Waals surface area (Å²) in [6.45, 7) is 4.74. The van der Waals surface area contributed by atoms with Gasteiger partial charge in [-0.1, -0.05) is 55.2 Å². The molecule has 1 aliphatic heterocycles. The Morgan fingerprint density at radius 1 is 1.15 bits per heavy atom. The number of nitrogens with one attached hydrogen (secondary N) is 1. The van der Waals surface area contributed by atoms with Gasteiger partial charge in [-0.05, 0) is 55.0 Å². The molecule has 1 saturated heterocycles. The summed E-state index contributed by atoms with van der Waals surface area (Å²) in [5.74, 6) is 0.290. The van der Waals surface area contributed by atoms with E-state index in [1.54, 1.807) is 25.3 Å². The Hall–Kier alpha value is -1.80. The summed E-state index contributed by atoms with van der Waals surface area (Å²) in [5, 5.41) is 3.80. The number of piperidine rings is 1. The molecule has 2 aromatic carbocycles. The molecule has 34 heavy (non-hydrogen) atoms. The summed E-state index contributed by atoms with van der Waals surface area (Å²) in [6.07, 6.45) is 2.03. The first-order valence-electron chi connectivity index (χ1n) is 11.5. The fraction of sp³-hybridized carbons (Fsp3) is 0.480. The van der Waals surface area contributed by atoms with Crippen molar-refractivity contribution in [2.24, 2.45) is 11.8 Å². The Kier molecular flexibility index (Phi) is 9.27. The van der Waals surface area contributed by atoms with E-state index in [9.17, 15) is 13.2 Å². The number of hydrogen-bond acceptors (Lipinski definition) is 4. The van der Waals surface area contributed by atoms with Crippen LogP contribution in [0, 0.1) is 11.8 Å². The SMILES string of the molecule is COc1ccc([C@@H](CC(C)C)NC(=O)[C@H]2CCCN(S(=O)(=O)Cc3c(Cl)cccc3Cl)C2)cc1. The Labute approximate surface area is 212 Å². The third-order valence-corrected chi connectivity index (χ3v) is 8.56. The van der Waals surface area contributed by atoms with Crippen molar-refractivity contribution >= 4 is 39.1 Å². The second-order valence-corrected chi connectivity index (χ2v) is 11.9. The number of carbonyl (C=O) groups excluding carboxylic acids is 1. The summed E-state index contributed by atoms with van der Waals surface area (Å²) in [7, 11) is -2.07. The third-order valence-electron chi connectivity index (χ3n) is 6.08. The molecule has 0 unspecified atom stereocenters. The van der Waals surface area contributed by atoms with Gasteiger partial charge < -0.3 is 10.1 Å². The second kappa shape index (κ2) is 11.8. The van der Waals surface area contributed by atoms with Crippen molar-refractivity contribution in [2.45, 2.75) is 44.9 Å². The van der Waals surface area contributed by atoms with Crippen LogP contribution in [-0.4, -0.2) is 38.8 Å². The fourth-order valence-corrected chi connectivity index (χ4v) is 6.59. The van der Waals surface area contributed by atoms with Gasteiger partial charge in [-0.3, -0.25) is 4.79 Å². The number of rotatable bonds is 9. The van der Waals surface area contributed by atoms with Crippen molar-refractivity contribution in [3.8, 4) is 5.75 Å². The summed E-state index contributed by atoms with van der Waals surface area (Å²) in [4.78, 5) is 13.2. The molecule has 0 aliphatic carbocycles. The molecule has 0 radical (unpaired) electrons. The molecule has 2 atom stereocenters. The molecule has 0 saturated carbocycles. The lowest BCUT2D eigenvalue weighted by molar-refractivity contribution is -0.127. The number of sulfonamides is 1. The maximum Gasteiger partial charge on any atom is 0.224 e. The number of methoxy groups -OCH3 is 1. The zero-order valence-electron chi connectivity index (χ0n) is 19.8. The molecule has 0 aromatic heterocycles. The molecule has 1 heterocycles. The standard InChI is InChI=1S/C25H32Cl2N2O4S/c1-17(2)14-24(18-9-11-20(33-3)12-10-18)28-25(30)19-6-5-13-29(15-19)34(31,32)16-21-22(26)7-4-8-23(21)27/h4,7-12,17,19,24H,5-6,13-16H2,1-3H3,(H,28,30)/t19-,24+/m0/s1. The molecule has 2 aromatic rings. The second-order valence-electron chi connectivity index (χ2n) is 9.12. The van der Waals surface area contributed by atoms with Crippen LogP contribution in [0.15, 0.2) is 42.5 Å². The Morgan fingerprint density at radius 2 is 1.79 bits per heavy atom. The first-order chi connectivity index (χ1) is 16.1. The summed E-state index contributed by atoms with van der Waals surface area (Å²) in [6, 6.07) is 12.4. The highest BCUT2D eigenvalue weighted by atomic mass is 35.5. The van der Waals surface area contributed by atoms with Crippen molar-refractivity contribution < 1.29 is 17.9 Å². The van der Waals surface area contributed by atoms with Crippen LogP contribution in [0.4, 0.5) is 0 Å². The van der Waals surface area contributed by atoms with E-state index in [1.165, 1.54) is 4.31 Å². The molecule has 0 spiro atoms. The lowest BCUT2D eigenvalue weighted by Crippen LogP contribution is -2.46. The topological polar surface area (TPSA) is 75.7 Å². The van der Waals surface area contributed by atoms with Crippen LogP contribution in [0.3, 0.4) is 0 Å². The molecule has 0 bridgehead atoms. The molecule has 1 aliphatic rings. The normalized spacial score (nSPS) is 18.0. The quantitative estimate of drug-likeness (QED) is 0.471. The highest BCUT2D eigenvalue weighted by Gasteiger charge is 2.34. The van der Waals surface area contributed by atoms with E-state index in [1.807, 2.05) is 24.3 Å². The predicted octanol–water partition coefficient (Wildman–Crippen LogP) is 5.45. The number of halogens is 2. The van der Waals surface area contributed by atoms with Crippen molar-refractivity contribution in [1.82, 2.24) is 9.62 Å². The molecule has 1 amide bonds. The molecular formula is C25H32Cl2N2O4S. The van der Waals surface area contributed by atoms with Gasteiger partial charge in [0.2, 0.25) is 15.9 Å². The number of ether oxygens (including phenoxy) is 1. The van der Waals surface area contributed by atoms with Crippen LogP contribution >= 0.6 is 23.2 Å². The van der Waals surface area contributed by atoms with Gasteiger partial charge in [-0.15, -0.1) is 0 Å². The molecule has 3 rings (SSSR count). The Bertz CT molecular complexity index is 1070. The van der Waals surface area contributed by atoms with Crippen molar-refractivity contribution in [1.29, 1.82) is 0 Å². The number of hydrogen-bond donors (Lipinski definition) is 1. The number of amides is 1. The lowest BCUT2D eigenvalue weighted by Gasteiger charge is -2.32. The molecule has 1 fully saturated rings. The number of carbonyl (C=O) groups is 1. The molecular weight excluding hydrogens is 495 g/mol. The van der Waals surface area contributed by atoms with Gasteiger partial charge in [0.25, 0.3) is 0 Å². The molecule has 9 heteroatoms. The highest BCUT2D eigenvalue weighted by Crippen LogP contribution is 2.30. The number of benzene rings is 2. The zero-order chi connectivity index (χ0) is 24.9. The van der Waals surface area contributed by atoms with Gasteiger partial charge in [-0.2, -0.15) is 0 Å². The maximum atomic E-state index is 13.2. The van der Waals surface area contributed by atoms with Gasteiger partial charge in [0.15, 0.2) is 0 Å². The molecule has 6 nitrogen and oxygen atoms in total. The molecule has 1 N–H and O–H groups in total. The van der Waals surface area contributed by atoms with E-state index in [0.29, 0.717) is 40.9 Å². The zero-order valence-corrected chi connectivity index (χ0v) is 22.1. The predicted molar refractivity (Wildman–Crippen MR) is 137 cm³/mol. The van der Waals surface area contributed by atoms with Crippen LogP contribution in [0.5, 0.6) is 5.75 Å². The van der Waals surface area contributed by atoms with E-state index in [2.05, 4.69) is 19.2 Å². The van der Waals surface area contributed by atoms with E-state index >= 15 is 0 Å². The van der Waals surface area contributed by atoms with E-state index in [-0.39, 0.29) is 24.2 Å². The van der Waals surface area contributed by atoms with Gasteiger partial charge in [0, 0.05) is 28.7 Å². The van der Waals surface area contributed by atoms with Gasteiger partial charge in [0.05, 0.1) is 24.8 Å². The van der Waals surface area contributed by atoms with E-state index in [4.69, 9.17) is 27.9 Å². The van der Waals surface area contributed by atoms with Crippen LogP contribution < -0.4 is 10.1 Å². The van der Waals surface area contributed by atoms with Crippen molar-refractivity contribution in [3.05, 3.63) is 63.6 Å². The summed E-state index contributed by atoms with van der Waals surface area (Å²) >= 11 is 12.4. The maximum absolute atomic E-state index is 13.2. The number of nitrogens with zero attached hydrogens (tertiary/aromatic N) is 1.